The highest BCUT2D eigenvalue weighted by atomic mass is 33.1. The fourth-order valence-electron chi connectivity index (χ4n) is 0.754. The lowest BCUT2D eigenvalue weighted by atomic mass is 10.2. The highest BCUT2D eigenvalue weighted by Gasteiger charge is 2.14. The number of rotatable bonds is 11. The molecule has 23 heavy (non-hydrogen) atoms. The minimum absolute atomic E-state index is 0.229. The molecule has 2 unspecified atom stereocenters. The zero-order valence-electron chi connectivity index (χ0n) is 12.6. The average Bonchev–Trinajstić information content (AvgIpc) is 2.48. The van der Waals surface area contributed by atoms with Crippen molar-refractivity contribution in [1.29, 1.82) is 0 Å². The molecule has 0 aromatic heterocycles. The monoisotopic (exact) mass is 389 g/mol. The molecule has 0 aliphatic carbocycles. The van der Waals surface area contributed by atoms with Gasteiger partial charge in [0, 0.05) is 11.5 Å². The van der Waals surface area contributed by atoms with Gasteiger partial charge in [-0.05, 0) is 18.4 Å². The molecule has 0 radical (unpaired) electrons. The number of nitrogens with two attached hydrogens (primary N) is 3. The molecule has 0 saturated carbocycles. The minimum Gasteiger partial charge on any atom is -0.480 e. The summed E-state index contributed by atoms with van der Waals surface area (Å²) in [7, 11) is 2.41. The SMILES string of the molecule is CSCCC(N)C(=O)O.NC(CSSC[C@H](N)C(=O)O)C(=O)O. The van der Waals surface area contributed by atoms with Crippen LogP contribution in [0.15, 0.2) is 0 Å². The maximum Gasteiger partial charge on any atom is 0.321 e. The van der Waals surface area contributed by atoms with Gasteiger partial charge in [0.25, 0.3) is 0 Å². The fourth-order valence-corrected chi connectivity index (χ4v) is 3.47. The van der Waals surface area contributed by atoms with Crippen molar-refractivity contribution < 1.29 is 29.7 Å². The van der Waals surface area contributed by atoms with Gasteiger partial charge < -0.3 is 32.5 Å². The Labute approximate surface area is 146 Å². The Hall–Kier alpha value is -0.660. The van der Waals surface area contributed by atoms with Gasteiger partial charge in [-0.25, -0.2) is 0 Å². The molecule has 12 heteroatoms. The van der Waals surface area contributed by atoms with E-state index < -0.39 is 36.0 Å². The van der Waals surface area contributed by atoms with Crippen LogP contribution in [0.4, 0.5) is 0 Å². The van der Waals surface area contributed by atoms with E-state index in [0.717, 1.165) is 5.75 Å². The van der Waals surface area contributed by atoms with Gasteiger partial charge >= 0.3 is 17.9 Å². The van der Waals surface area contributed by atoms with Crippen molar-refractivity contribution in [2.75, 3.05) is 23.5 Å². The molecule has 136 valence electrons. The molecule has 0 aromatic carbocycles. The summed E-state index contributed by atoms with van der Waals surface area (Å²) in [5, 5.41) is 25.1. The third kappa shape index (κ3) is 16.0. The van der Waals surface area contributed by atoms with Gasteiger partial charge in [0.1, 0.15) is 18.1 Å². The van der Waals surface area contributed by atoms with Crippen molar-refractivity contribution in [3.8, 4) is 0 Å². The molecule has 0 rings (SSSR count). The molecule has 9 N–H and O–H groups in total. The molecule has 9 nitrogen and oxygen atoms in total. The first-order valence-electron chi connectivity index (χ1n) is 6.31. The second kappa shape index (κ2) is 14.9. The molecular weight excluding hydrogens is 366 g/mol. The second-order valence-electron chi connectivity index (χ2n) is 4.18. The summed E-state index contributed by atoms with van der Waals surface area (Å²) >= 11 is 1.60. The largest absolute Gasteiger partial charge is 0.480 e. The molecule has 0 spiro atoms. The molecule has 0 heterocycles. The van der Waals surface area contributed by atoms with Crippen molar-refractivity contribution in [1.82, 2.24) is 0 Å². The van der Waals surface area contributed by atoms with Gasteiger partial charge in [-0.2, -0.15) is 11.8 Å². The Morgan fingerprint density at radius 3 is 1.43 bits per heavy atom. The summed E-state index contributed by atoms with van der Waals surface area (Å²) in [5.41, 5.74) is 15.6. The first-order chi connectivity index (χ1) is 10.6. The highest BCUT2D eigenvalue weighted by Crippen LogP contribution is 2.22. The molecule has 0 fully saturated rings. The molecule has 3 atom stereocenters. The van der Waals surface area contributed by atoms with Crippen molar-refractivity contribution in [3.63, 3.8) is 0 Å². The fraction of sp³-hybridized carbons (Fsp3) is 0.727. The van der Waals surface area contributed by atoms with Crippen molar-refractivity contribution in [2.24, 2.45) is 17.2 Å². The quantitative estimate of drug-likeness (QED) is 0.193. The van der Waals surface area contributed by atoms with Gasteiger partial charge in [-0.1, -0.05) is 21.6 Å². The van der Waals surface area contributed by atoms with Gasteiger partial charge in [0.05, 0.1) is 0 Å². The van der Waals surface area contributed by atoms with E-state index in [4.69, 9.17) is 32.5 Å². The number of carboxylic acid groups (broad SMARTS) is 3. The Balaban J connectivity index is 0. The van der Waals surface area contributed by atoms with Crippen molar-refractivity contribution in [2.45, 2.75) is 24.5 Å². The number of carboxylic acids is 3. The smallest absolute Gasteiger partial charge is 0.321 e. The molecule has 0 aromatic rings. The van der Waals surface area contributed by atoms with Gasteiger partial charge in [-0.15, -0.1) is 0 Å². The lowest BCUT2D eigenvalue weighted by molar-refractivity contribution is -0.139. The molecular formula is C11H23N3O6S3. The third-order valence-electron chi connectivity index (χ3n) is 2.16. The van der Waals surface area contributed by atoms with Crippen LogP contribution in [0.2, 0.25) is 0 Å². The van der Waals surface area contributed by atoms with Gasteiger partial charge in [0.15, 0.2) is 0 Å². The Kier molecular flexibility index (Phi) is 15.9. The molecule has 0 bridgehead atoms. The number of hydrogen-bond acceptors (Lipinski definition) is 9. The minimum atomic E-state index is -1.07. The van der Waals surface area contributed by atoms with Crippen LogP contribution in [-0.4, -0.2) is 74.9 Å². The standard InChI is InChI=1S/C6H12N2O4S2.C5H11NO2S/c7-3(5(9)10)1-13-14-2-4(8)6(11)12;1-9-3-2-4(6)5(7)8/h3-4H,1-2,7-8H2,(H,9,10)(H,11,12);4H,2-3,6H2,1H3,(H,7,8)/t3-,4?;/m0./s1. The van der Waals surface area contributed by atoms with E-state index in [2.05, 4.69) is 0 Å². The maximum atomic E-state index is 10.3. The van der Waals surface area contributed by atoms with Crippen molar-refractivity contribution >= 4 is 51.3 Å². The lowest BCUT2D eigenvalue weighted by Gasteiger charge is -2.07. The Bertz CT molecular complexity index is 353. The lowest BCUT2D eigenvalue weighted by Crippen LogP contribution is -2.33. The molecule has 0 aliphatic rings. The highest BCUT2D eigenvalue weighted by molar-refractivity contribution is 8.76. The van der Waals surface area contributed by atoms with E-state index >= 15 is 0 Å². The van der Waals surface area contributed by atoms with Crippen molar-refractivity contribution in [3.05, 3.63) is 0 Å². The summed E-state index contributed by atoms with van der Waals surface area (Å²) in [6, 6.07) is -2.53. The zero-order chi connectivity index (χ0) is 18.4. The van der Waals surface area contributed by atoms with E-state index in [0.29, 0.717) is 6.42 Å². The Morgan fingerprint density at radius 1 is 0.826 bits per heavy atom. The Morgan fingerprint density at radius 2 is 1.17 bits per heavy atom. The van der Waals surface area contributed by atoms with Crippen LogP contribution < -0.4 is 17.2 Å². The van der Waals surface area contributed by atoms with E-state index in [-0.39, 0.29) is 11.5 Å². The second-order valence-corrected chi connectivity index (χ2v) is 7.72. The summed E-state index contributed by atoms with van der Waals surface area (Å²) in [4.78, 5) is 30.6. The van der Waals surface area contributed by atoms with Crippen LogP contribution in [0.25, 0.3) is 0 Å². The molecule has 0 amide bonds. The van der Waals surface area contributed by atoms with Gasteiger partial charge in [-0.3, -0.25) is 14.4 Å². The van der Waals surface area contributed by atoms with Gasteiger partial charge in [0.2, 0.25) is 0 Å². The third-order valence-corrected chi connectivity index (χ3v) is 5.28. The molecule has 0 saturated heterocycles. The number of thioether (sulfide) groups is 1. The van der Waals surface area contributed by atoms with E-state index in [1.165, 1.54) is 21.6 Å². The molecule has 0 aliphatic heterocycles. The predicted octanol–water partition coefficient (Wildman–Crippen LogP) is -0.657. The van der Waals surface area contributed by atoms with E-state index in [1.807, 2.05) is 6.26 Å². The van der Waals surface area contributed by atoms with E-state index in [9.17, 15) is 14.4 Å². The predicted molar refractivity (Wildman–Crippen MR) is 94.7 cm³/mol. The van der Waals surface area contributed by atoms with Crippen LogP contribution in [0.1, 0.15) is 6.42 Å². The van der Waals surface area contributed by atoms with Crippen LogP contribution >= 0.6 is 33.3 Å². The first kappa shape index (κ1) is 24.6. The number of aliphatic carboxylic acids is 3. The summed E-state index contributed by atoms with van der Waals surface area (Å²) < 4.78 is 0. The van der Waals surface area contributed by atoms with Crippen LogP contribution in [0.3, 0.4) is 0 Å². The number of carbonyl (C=O) groups is 3. The van der Waals surface area contributed by atoms with E-state index in [1.54, 1.807) is 11.8 Å². The summed E-state index contributed by atoms with van der Waals surface area (Å²) in [6.45, 7) is 0. The maximum absolute atomic E-state index is 10.3. The van der Waals surface area contributed by atoms with Crippen LogP contribution in [-0.2, 0) is 14.4 Å². The normalized spacial score (nSPS) is 14.1. The topological polar surface area (TPSA) is 190 Å². The number of hydrogen-bond donors (Lipinski definition) is 6. The zero-order valence-corrected chi connectivity index (χ0v) is 15.0. The van der Waals surface area contributed by atoms with Crippen LogP contribution in [0, 0.1) is 0 Å². The first-order valence-corrected chi connectivity index (χ1v) is 10.2. The van der Waals surface area contributed by atoms with Crippen LogP contribution in [0.5, 0.6) is 0 Å². The average molecular weight is 390 g/mol. The summed E-state index contributed by atoms with van der Waals surface area (Å²) in [5.74, 6) is -1.78. The summed E-state index contributed by atoms with van der Waals surface area (Å²) in [6.07, 6.45) is 2.48.